The average molecular weight is 179 g/mol. The van der Waals surface area contributed by atoms with E-state index in [0.29, 0.717) is 6.42 Å². The Labute approximate surface area is 75.8 Å². The number of ketones is 1. The Morgan fingerprint density at radius 2 is 2.31 bits per heavy atom. The Bertz CT molecular complexity index is 362. The number of hydrogen-bond acceptors (Lipinski definition) is 2. The lowest BCUT2D eigenvalue weighted by molar-refractivity contribution is -0.119. The Hall–Kier alpha value is -1.38. The van der Waals surface area contributed by atoms with E-state index in [1.54, 1.807) is 13.0 Å². The van der Waals surface area contributed by atoms with Crippen LogP contribution in [0.25, 0.3) is 0 Å². The number of benzene rings is 1. The van der Waals surface area contributed by atoms with Crippen molar-refractivity contribution in [1.29, 1.82) is 0 Å². The van der Waals surface area contributed by atoms with Crippen molar-refractivity contribution in [2.24, 2.45) is 0 Å². The summed E-state index contributed by atoms with van der Waals surface area (Å²) in [5.74, 6) is -0.119. The highest BCUT2D eigenvalue weighted by Gasteiger charge is 2.21. The summed E-state index contributed by atoms with van der Waals surface area (Å²) >= 11 is 0. The molecule has 2 rings (SSSR count). The zero-order valence-electron chi connectivity index (χ0n) is 7.30. The van der Waals surface area contributed by atoms with E-state index >= 15 is 0 Å². The molecule has 0 radical (unpaired) electrons. The van der Waals surface area contributed by atoms with Crippen molar-refractivity contribution >= 4 is 11.5 Å². The van der Waals surface area contributed by atoms with Gasteiger partial charge in [-0.1, -0.05) is 6.07 Å². The van der Waals surface area contributed by atoms with Gasteiger partial charge in [-0.3, -0.25) is 4.79 Å². The molecule has 1 aromatic carbocycles. The number of rotatable bonds is 0. The minimum atomic E-state index is -0.271. The molecule has 2 nitrogen and oxygen atoms in total. The lowest BCUT2D eigenvalue weighted by Crippen LogP contribution is -2.32. The summed E-state index contributed by atoms with van der Waals surface area (Å²) in [6, 6.07) is 4.26. The molecule has 68 valence electrons. The van der Waals surface area contributed by atoms with Crippen molar-refractivity contribution in [2.45, 2.75) is 19.4 Å². The summed E-state index contributed by atoms with van der Waals surface area (Å²) in [5.41, 5.74) is 1.62. The van der Waals surface area contributed by atoms with Crippen LogP contribution in [0.4, 0.5) is 10.1 Å². The van der Waals surface area contributed by atoms with Gasteiger partial charge >= 0.3 is 0 Å². The van der Waals surface area contributed by atoms with Crippen LogP contribution >= 0.6 is 0 Å². The van der Waals surface area contributed by atoms with Crippen molar-refractivity contribution in [2.75, 3.05) is 5.32 Å². The van der Waals surface area contributed by atoms with E-state index in [-0.39, 0.29) is 17.6 Å². The molecule has 13 heavy (non-hydrogen) atoms. The first-order valence-electron chi connectivity index (χ1n) is 4.24. The topological polar surface area (TPSA) is 29.1 Å². The van der Waals surface area contributed by atoms with Crippen molar-refractivity contribution in [3.05, 3.63) is 29.6 Å². The molecule has 1 atom stereocenters. The van der Waals surface area contributed by atoms with E-state index in [4.69, 9.17) is 0 Å². The molecular weight excluding hydrogens is 169 g/mol. The molecule has 0 fully saturated rings. The van der Waals surface area contributed by atoms with Gasteiger partial charge in [-0.05, 0) is 24.6 Å². The van der Waals surface area contributed by atoms with Crippen LogP contribution in [0.1, 0.15) is 12.5 Å². The molecule has 1 aromatic rings. The fourth-order valence-electron chi connectivity index (χ4n) is 1.49. The molecule has 1 N–H and O–H groups in total. The SMILES string of the molecule is CC1Nc2cc(F)ccc2CC1=O. The standard InChI is InChI=1S/C10H10FNO/c1-6-10(13)4-7-2-3-8(11)5-9(7)12-6/h2-3,5-6,12H,4H2,1H3. The van der Waals surface area contributed by atoms with Crippen LogP contribution in [-0.4, -0.2) is 11.8 Å². The van der Waals surface area contributed by atoms with Gasteiger partial charge in [-0.15, -0.1) is 0 Å². The molecule has 3 heteroatoms. The highest BCUT2D eigenvalue weighted by Crippen LogP contribution is 2.23. The molecule has 1 unspecified atom stereocenters. The lowest BCUT2D eigenvalue weighted by atomic mass is 9.98. The van der Waals surface area contributed by atoms with E-state index in [0.717, 1.165) is 11.3 Å². The van der Waals surface area contributed by atoms with Crippen molar-refractivity contribution in [3.63, 3.8) is 0 Å². The lowest BCUT2D eigenvalue weighted by Gasteiger charge is -2.22. The number of carbonyl (C=O) groups is 1. The smallest absolute Gasteiger partial charge is 0.159 e. The minimum absolute atomic E-state index is 0.152. The maximum absolute atomic E-state index is 12.8. The fourth-order valence-corrected chi connectivity index (χ4v) is 1.49. The molecule has 1 heterocycles. The molecule has 0 amide bonds. The molecule has 0 spiro atoms. The Morgan fingerprint density at radius 3 is 3.08 bits per heavy atom. The number of nitrogens with one attached hydrogen (secondary N) is 1. The van der Waals surface area contributed by atoms with Gasteiger partial charge in [0.2, 0.25) is 0 Å². The normalized spacial score (nSPS) is 20.8. The van der Waals surface area contributed by atoms with E-state index in [1.165, 1.54) is 12.1 Å². The first-order valence-corrected chi connectivity index (χ1v) is 4.24. The van der Waals surface area contributed by atoms with E-state index in [9.17, 15) is 9.18 Å². The van der Waals surface area contributed by atoms with E-state index < -0.39 is 0 Å². The summed E-state index contributed by atoms with van der Waals surface area (Å²) < 4.78 is 12.8. The van der Waals surface area contributed by atoms with Crippen LogP contribution in [0.2, 0.25) is 0 Å². The first-order chi connectivity index (χ1) is 6.16. The molecule has 0 aromatic heterocycles. The molecular formula is C10H10FNO. The number of carbonyl (C=O) groups excluding carboxylic acids is 1. The Kier molecular flexibility index (Phi) is 1.79. The van der Waals surface area contributed by atoms with Crippen LogP contribution in [-0.2, 0) is 11.2 Å². The third kappa shape index (κ3) is 1.41. The van der Waals surface area contributed by atoms with Gasteiger partial charge in [-0.2, -0.15) is 0 Å². The number of fused-ring (bicyclic) bond motifs is 1. The molecule has 0 saturated carbocycles. The number of anilines is 1. The predicted octanol–water partition coefficient (Wildman–Crippen LogP) is 1.75. The van der Waals surface area contributed by atoms with Gasteiger partial charge < -0.3 is 5.32 Å². The maximum atomic E-state index is 12.8. The first kappa shape index (κ1) is 8.23. The molecule has 1 aliphatic heterocycles. The predicted molar refractivity (Wildman–Crippen MR) is 48.2 cm³/mol. The molecule has 0 aliphatic carbocycles. The summed E-state index contributed by atoms with van der Waals surface area (Å²) in [6.45, 7) is 1.79. The van der Waals surface area contributed by atoms with E-state index in [2.05, 4.69) is 5.32 Å². The van der Waals surface area contributed by atoms with Gasteiger partial charge in [0.15, 0.2) is 5.78 Å². The van der Waals surface area contributed by atoms with Crippen LogP contribution in [0.3, 0.4) is 0 Å². The Balaban J connectivity index is 2.42. The van der Waals surface area contributed by atoms with Crippen molar-refractivity contribution in [1.82, 2.24) is 0 Å². The zero-order valence-corrected chi connectivity index (χ0v) is 7.30. The second-order valence-electron chi connectivity index (χ2n) is 3.31. The number of halogens is 1. The van der Waals surface area contributed by atoms with Gasteiger partial charge in [-0.25, -0.2) is 4.39 Å². The average Bonchev–Trinajstić information content (AvgIpc) is 2.08. The van der Waals surface area contributed by atoms with Gasteiger partial charge in [0.1, 0.15) is 5.82 Å². The third-order valence-electron chi connectivity index (χ3n) is 2.29. The molecule has 0 bridgehead atoms. The van der Waals surface area contributed by atoms with Gasteiger partial charge in [0.05, 0.1) is 6.04 Å². The number of hydrogen-bond donors (Lipinski definition) is 1. The Morgan fingerprint density at radius 1 is 1.54 bits per heavy atom. The van der Waals surface area contributed by atoms with Crippen molar-refractivity contribution in [3.8, 4) is 0 Å². The van der Waals surface area contributed by atoms with Crippen LogP contribution in [0.15, 0.2) is 18.2 Å². The van der Waals surface area contributed by atoms with E-state index in [1.807, 2.05) is 0 Å². The second kappa shape index (κ2) is 2.83. The number of Topliss-reactive ketones (excluding diaryl/α,β-unsaturated/α-hetero) is 1. The maximum Gasteiger partial charge on any atom is 0.159 e. The van der Waals surface area contributed by atoms with Crippen LogP contribution < -0.4 is 5.32 Å². The summed E-state index contributed by atoms with van der Waals surface area (Å²) in [6.07, 6.45) is 0.407. The van der Waals surface area contributed by atoms with Gasteiger partial charge in [0, 0.05) is 12.1 Å². The van der Waals surface area contributed by atoms with Gasteiger partial charge in [0.25, 0.3) is 0 Å². The minimum Gasteiger partial charge on any atom is -0.375 e. The van der Waals surface area contributed by atoms with Crippen LogP contribution in [0.5, 0.6) is 0 Å². The monoisotopic (exact) mass is 179 g/mol. The fraction of sp³-hybridized carbons (Fsp3) is 0.300. The molecule has 0 saturated heterocycles. The quantitative estimate of drug-likeness (QED) is 0.657. The van der Waals surface area contributed by atoms with Crippen LogP contribution in [0, 0.1) is 5.82 Å². The highest BCUT2D eigenvalue weighted by molar-refractivity contribution is 5.92. The summed E-state index contributed by atoms with van der Waals surface area (Å²) in [7, 11) is 0. The summed E-state index contributed by atoms with van der Waals surface area (Å²) in [5, 5.41) is 2.96. The highest BCUT2D eigenvalue weighted by atomic mass is 19.1. The second-order valence-corrected chi connectivity index (χ2v) is 3.31. The zero-order chi connectivity index (χ0) is 9.42. The molecule has 1 aliphatic rings. The summed E-state index contributed by atoms with van der Waals surface area (Å²) in [4.78, 5) is 11.3. The third-order valence-corrected chi connectivity index (χ3v) is 2.29. The van der Waals surface area contributed by atoms with Crippen molar-refractivity contribution < 1.29 is 9.18 Å². The largest absolute Gasteiger partial charge is 0.375 e.